The first-order valence-corrected chi connectivity index (χ1v) is 10.8. The molecule has 2 amide bonds. The van der Waals surface area contributed by atoms with E-state index in [9.17, 15) is 23.5 Å². The summed E-state index contributed by atoms with van der Waals surface area (Å²) in [6.45, 7) is 0. The number of urea groups is 1. The number of rotatable bonds is 2. The average Bonchev–Trinajstić information content (AvgIpc) is 3.21. The van der Waals surface area contributed by atoms with Crippen LogP contribution in [0.2, 0.25) is 0 Å². The smallest absolute Gasteiger partial charge is 0.432 e. The summed E-state index contributed by atoms with van der Waals surface area (Å²) in [5.74, 6) is -1.54. The van der Waals surface area contributed by atoms with E-state index in [0.717, 1.165) is 42.9 Å². The zero-order valence-corrected chi connectivity index (χ0v) is 17.6. The first-order valence-electron chi connectivity index (χ1n) is 10.8. The second-order valence-corrected chi connectivity index (χ2v) is 8.58. The molecular formula is C23H22F2N4O4. The predicted octanol–water partition coefficient (Wildman–Crippen LogP) is 5.19. The molecule has 5 rings (SSSR count). The molecule has 1 spiro atoms. The molecule has 1 saturated carbocycles. The number of amides is 2. The summed E-state index contributed by atoms with van der Waals surface area (Å²) in [6.07, 6.45) is 4.91. The number of ether oxygens (including phenoxy) is 1. The van der Waals surface area contributed by atoms with Crippen molar-refractivity contribution in [2.45, 2.75) is 50.2 Å². The molecular weight excluding hydrogens is 434 g/mol. The lowest BCUT2D eigenvalue weighted by Gasteiger charge is -2.44. The number of nitrogens with one attached hydrogen (secondary N) is 2. The molecule has 1 aliphatic heterocycles. The van der Waals surface area contributed by atoms with Gasteiger partial charge in [-0.3, -0.25) is 0 Å². The minimum Gasteiger partial charge on any atom is -0.484 e. The van der Waals surface area contributed by atoms with Crippen LogP contribution in [0, 0.1) is 11.6 Å². The molecule has 1 unspecified atom stereocenters. The third-order valence-electron chi connectivity index (χ3n) is 6.42. The fourth-order valence-electron chi connectivity index (χ4n) is 4.95. The van der Waals surface area contributed by atoms with Crippen LogP contribution in [-0.2, 0) is 0 Å². The Hall–Kier alpha value is -3.69. The molecule has 1 aliphatic carbocycles. The Balaban J connectivity index is 1.43. The minimum absolute atomic E-state index is 0.0142. The third kappa shape index (κ3) is 3.85. The first-order chi connectivity index (χ1) is 15.8. The summed E-state index contributed by atoms with van der Waals surface area (Å²) < 4.78 is 35.5. The van der Waals surface area contributed by atoms with Crippen LogP contribution in [-0.4, -0.2) is 32.6 Å². The number of carboxylic acid groups (broad SMARTS) is 1. The van der Waals surface area contributed by atoms with Gasteiger partial charge in [-0.15, -0.1) is 0 Å². The molecule has 2 heterocycles. The molecule has 0 bridgehead atoms. The molecule has 2 aromatic carbocycles. The van der Waals surface area contributed by atoms with Crippen molar-refractivity contribution in [2.75, 3.05) is 5.32 Å². The van der Waals surface area contributed by atoms with E-state index < -0.39 is 35.4 Å². The summed E-state index contributed by atoms with van der Waals surface area (Å²) in [6, 6.07) is 5.54. The van der Waals surface area contributed by atoms with Crippen molar-refractivity contribution in [3.8, 4) is 5.75 Å². The van der Waals surface area contributed by atoms with Crippen LogP contribution in [0.25, 0.3) is 10.9 Å². The number of fused-ring (bicyclic) bond motifs is 2. The van der Waals surface area contributed by atoms with Crippen molar-refractivity contribution in [3.05, 3.63) is 53.7 Å². The van der Waals surface area contributed by atoms with Gasteiger partial charge in [0.2, 0.25) is 0 Å². The molecule has 0 radical (unpaired) electrons. The van der Waals surface area contributed by atoms with Crippen molar-refractivity contribution < 1.29 is 28.2 Å². The van der Waals surface area contributed by atoms with Crippen molar-refractivity contribution in [1.82, 2.24) is 15.1 Å². The highest BCUT2D eigenvalue weighted by atomic mass is 19.1. The van der Waals surface area contributed by atoms with Gasteiger partial charge in [-0.1, -0.05) is 12.5 Å². The second kappa shape index (κ2) is 8.02. The number of hydrogen-bond acceptors (Lipinski definition) is 4. The average molecular weight is 456 g/mol. The summed E-state index contributed by atoms with van der Waals surface area (Å²) in [7, 11) is 0. The summed E-state index contributed by atoms with van der Waals surface area (Å²) in [5.41, 5.74) is 0.338. The summed E-state index contributed by atoms with van der Waals surface area (Å²) in [5, 5.41) is 19.1. The Morgan fingerprint density at radius 3 is 2.73 bits per heavy atom. The number of carbonyl (C=O) groups is 2. The lowest BCUT2D eigenvalue weighted by molar-refractivity contribution is -0.00480. The van der Waals surface area contributed by atoms with E-state index in [0.29, 0.717) is 23.0 Å². The lowest BCUT2D eigenvalue weighted by atomic mass is 9.77. The van der Waals surface area contributed by atoms with E-state index in [4.69, 9.17) is 4.74 Å². The molecule has 0 saturated heterocycles. The van der Waals surface area contributed by atoms with Crippen LogP contribution in [0.1, 0.15) is 50.1 Å². The number of nitrogens with zero attached hydrogens (tertiary/aromatic N) is 2. The van der Waals surface area contributed by atoms with Gasteiger partial charge < -0.3 is 20.5 Å². The molecule has 3 aromatic rings. The van der Waals surface area contributed by atoms with Crippen LogP contribution in [0.4, 0.5) is 24.1 Å². The number of hydrogen-bond donors (Lipinski definition) is 3. The zero-order valence-electron chi connectivity index (χ0n) is 17.6. The molecule has 2 aliphatic rings. The van der Waals surface area contributed by atoms with Gasteiger partial charge in [-0.2, -0.15) is 9.78 Å². The minimum atomic E-state index is -1.24. The van der Waals surface area contributed by atoms with Gasteiger partial charge in [0.05, 0.1) is 23.4 Å². The van der Waals surface area contributed by atoms with Gasteiger partial charge >= 0.3 is 12.1 Å². The number of halogens is 2. The maximum Gasteiger partial charge on any atom is 0.432 e. The van der Waals surface area contributed by atoms with E-state index in [-0.39, 0.29) is 11.3 Å². The van der Waals surface area contributed by atoms with Gasteiger partial charge in [0.15, 0.2) is 11.6 Å². The van der Waals surface area contributed by atoms with Crippen molar-refractivity contribution in [3.63, 3.8) is 0 Å². The van der Waals surface area contributed by atoms with Crippen molar-refractivity contribution >= 4 is 28.7 Å². The van der Waals surface area contributed by atoms with Crippen LogP contribution in [0.3, 0.4) is 0 Å². The predicted molar refractivity (Wildman–Crippen MR) is 115 cm³/mol. The van der Waals surface area contributed by atoms with E-state index in [1.807, 2.05) is 0 Å². The van der Waals surface area contributed by atoms with E-state index in [1.54, 1.807) is 18.2 Å². The SMILES string of the molecule is O=C(Nc1cccc2c1cnn2C(=O)O)NC1CC2(CCCCC2)Oc2c(F)cc(F)cc21. The van der Waals surface area contributed by atoms with E-state index in [1.165, 1.54) is 12.3 Å². The number of benzene rings is 2. The van der Waals surface area contributed by atoms with Gasteiger partial charge in [0, 0.05) is 23.4 Å². The van der Waals surface area contributed by atoms with Crippen molar-refractivity contribution in [2.24, 2.45) is 0 Å². The molecule has 172 valence electrons. The Bertz CT molecular complexity index is 1250. The molecule has 1 aromatic heterocycles. The Morgan fingerprint density at radius 1 is 1.18 bits per heavy atom. The fourth-order valence-corrected chi connectivity index (χ4v) is 4.95. The van der Waals surface area contributed by atoms with Crippen molar-refractivity contribution in [1.29, 1.82) is 0 Å². The second-order valence-electron chi connectivity index (χ2n) is 8.58. The van der Waals surface area contributed by atoms with Gasteiger partial charge in [-0.25, -0.2) is 18.4 Å². The van der Waals surface area contributed by atoms with Crippen LogP contribution < -0.4 is 15.4 Å². The monoisotopic (exact) mass is 456 g/mol. The maximum atomic E-state index is 14.6. The van der Waals surface area contributed by atoms with Crippen LogP contribution in [0.15, 0.2) is 36.5 Å². The topological polar surface area (TPSA) is 105 Å². The molecule has 33 heavy (non-hydrogen) atoms. The number of carbonyl (C=O) groups excluding carboxylic acids is 1. The number of aromatic nitrogens is 2. The van der Waals surface area contributed by atoms with Gasteiger partial charge in [0.25, 0.3) is 0 Å². The molecule has 1 atom stereocenters. The maximum absolute atomic E-state index is 14.6. The Morgan fingerprint density at radius 2 is 1.97 bits per heavy atom. The lowest BCUT2D eigenvalue weighted by Crippen LogP contribution is -2.47. The molecule has 8 nitrogen and oxygen atoms in total. The van der Waals surface area contributed by atoms with Crippen LogP contribution >= 0.6 is 0 Å². The van der Waals surface area contributed by atoms with Gasteiger partial charge in [0.1, 0.15) is 11.4 Å². The highest BCUT2D eigenvalue weighted by molar-refractivity contribution is 6.02. The third-order valence-corrected chi connectivity index (χ3v) is 6.42. The highest BCUT2D eigenvalue weighted by Crippen LogP contribution is 2.47. The zero-order chi connectivity index (χ0) is 23.2. The van der Waals surface area contributed by atoms with Gasteiger partial charge in [-0.05, 0) is 43.9 Å². The standard InChI is InChI=1S/C23H22F2N4O4/c24-13-9-14-18(11-23(7-2-1-3-8-23)33-20(14)16(25)10-13)28-21(30)27-17-5-4-6-19-15(17)12-26-29(19)22(31)32/h4-6,9-10,12,18H,1-3,7-8,11H2,(H,31,32)(H2,27,28,30). The quantitative estimate of drug-likeness (QED) is 0.492. The summed E-state index contributed by atoms with van der Waals surface area (Å²) >= 11 is 0. The van der Waals surface area contributed by atoms with E-state index >= 15 is 0 Å². The normalized spacial score (nSPS) is 19.0. The van der Waals surface area contributed by atoms with E-state index in [2.05, 4.69) is 15.7 Å². The largest absolute Gasteiger partial charge is 0.484 e. The Kier molecular flexibility index (Phi) is 5.15. The first kappa shape index (κ1) is 21.2. The highest BCUT2D eigenvalue weighted by Gasteiger charge is 2.43. The molecule has 10 heteroatoms. The fraction of sp³-hybridized carbons (Fsp3) is 0.348. The Labute approximate surface area is 187 Å². The number of anilines is 1. The molecule has 3 N–H and O–H groups in total. The molecule has 1 fully saturated rings. The van der Waals surface area contributed by atoms with Crippen LogP contribution in [0.5, 0.6) is 5.75 Å². The summed E-state index contributed by atoms with van der Waals surface area (Å²) in [4.78, 5) is 24.2.